The molecule has 0 aliphatic carbocycles. The number of nitrogens with zero attached hydrogens (tertiary/aromatic N) is 2. The third kappa shape index (κ3) is 3.09. The third-order valence-corrected chi connectivity index (χ3v) is 5.62. The summed E-state index contributed by atoms with van der Waals surface area (Å²) in [6.07, 6.45) is 1.12. The summed E-state index contributed by atoms with van der Waals surface area (Å²) in [4.78, 5) is 5.08. The Bertz CT molecular complexity index is 486. The number of benzene rings is 1. The highest BCUT2D eigenvalue weighted by Gasteiger charge is 2.38. The lowest BCUT2D eigenvalue weighted by Crippen LogP contribution is -2.27. The van der Waals surface area contributed by atoms with Crippen LogP contribution in [0, 0.1) is 11.8 Å². The van der Waals surface area contributed by atoms with Gasteiger partial charge in [-0.05, 0) is 54.2 Å². The smallest absolute Gasteiger partial charge is 0.0369 e. The molecule has 21 heavy (non-hydrogen) atoms. The van der Waals surface area contributed by atoms with Gasteiger partial charge in [0, 0.05) is 31.9 Å². The van der Waals surface area contributed by atoms with Crippen LogP contribution in [0.25, 0.3) is 0 Å². The van der Waals surface area contributed by atoms with Crippen LogP contribution >= 0.6 is 12.6 Å². The topological polar surface area (TPSA) is 6.48 Å². The van der Waals surface area contributed by atoms with Crippen LogP contribution in [0.15, 0.2) is 24.3 Å². The van der Waals surface area contributed by atoms with Crippen LogP contribution in [0.4, 0.5) is 5.69 Å². The Morgan fingerprint density at radius 3 is 2.43 bits per heavy atom. The summed E-state index contributed by atoms with van der Waals surface area (Å²) in [5.41, 5.74) is 3.08. The Balaban J connectivity index is 1.76. The van der Waals surface area contributed by atoms with E-state index in [4.69, 9.17) is 0 Å². The minimum atomic E-state index is 0.216. The molecule has 1 aromatic carbocycles. The van der Waals surface area contributed by atoms with Crippen LogP contribution in [-0.2, 0) is 5.41 Å². The van der Waals surface area contributed by atoms with E-state index in [9.17, 15) is 0 Å². The molecular weight excluding hydrogens is 276 g/mol. The molecule has 2 unspecified atom stereocenters. The Kier molecular flexibility index (Phi) is 4.24. The SMILES string of the molecule is CN1CC2CN(c3cccc(C(C)(C)CCS)c3)CC2C1. The van der Waals surface area contributed by atoms with E-state index in [2.05, 4.69) is 67.6 Å². The molecule has 0 radical (unpaired) electrons. The van der Waals surface area contributed by atoms with Crippen LogP contribution in [-0.4, -0.2) is 43.9 Å². The average molecular weight is 305 g/mol. The van der Waals surface area contributed by atoms with E-state index in [1.54, 1.807) is 0 Å². The lowest BCUT2D eigenvalue weighted by molar-refractivity contribution is 0.387. The second kappa shape index (κ2) is 5.85. The molecule has 116 valence electrons. The second-order valence-corrected chi connectivity index (χ2v) is 8.00. The van der Waals surface area contributed by atoms with Gasteiger partial charge in [-0.25, -0.2) is 0 Å². The van der Waals surface area contributed by atoms with Crippen molar-refractivity contribution in [1.29, 1.82) is 0 Å². The molecule has 0 saturated carbocycles. The second-order valence-electron chi connectivity index (χ2n) is 7.55. The van der Waals surface area contributed by atoms with E-state index in [0.29, 0.717) is 0 Å². The fraction of sp³-hybridized carbons (Fsp3) is 0.667. The normalized spacial score (nSPS) is 26.4. The Labute approximate surface area is 134 Å². The highest BCUT2D eigenvalue weighted by atomic mass is 32.1. The minimum absolute atomic E-state index is 0.216. The number of hydrogen-bond acceptors (Lipinski definition) is 3. The zero-order valence-corrected chi connectivity index (χ0v) is 14.4. The molecule has 2 fully saturated rings. The van der Waals surface area contributed by atoms with Gasteiger partial charge in [-0.1, -0.05) is 26.0 Å². The molecule has 0 aromatic heterocycles. The number of thiol groups is 1. The zero-order valence-electron chi connectivity index (χ0n) is 13.5. The fourth-order valence-electron chi connectivity index (χ4n) is 3.99. The van der Waals surface area contributed by atoms with Gasteiger partial charge in [-0.2, -0.15) is 12.6 Å². The number of rotatable bonds is 4. The maximum Gasteiger partial charge on any atom is 0.0369 e. The molecule has 3 rings (SSSR count). The van der Waals surface area contributed by atoms with Crippen LogP contribution in [0.5, 0.6) is 0 Å². The lowest BCUT2D eigenvalue weighted by Gasteiger charge is -2.27. The molecule has 1 aromatic rings. The standard InChI is InChI=1S/C18H28N2S/c1-18(2,7-8-21)16-5-4-6-17(9-16)20-12-14-10-19(3)11-15(14)13-20/h4-6,9,14-15,21H,7-8,10-13H2,1-3H3. The molecule has 3 heteroatoms. The minimum Gasteiger partial charge on any atom is -0.371 e. The summed E-state index contributed by atoms with van der Waals surface area (Å²) >= 11 is 4.41. The van der Waals surface area contributed by atoms with Gasteiger partial charge in [0.25, 0.3) is 0 Å². The van der Waals surface area contributed by atoms with Gasteiger partial charge in [0.15, 0.2) is 0 Å². The van der Waals surface area contributed by atoms with Gasteiger partial charge in [-0.15, -0.1) is 0 Å². The molecular formula is C18H28N2S. The Hall–Kier alpha value is -0.670. The molecule has 2 heterocycles. The largest absolute Gasteiger partial charge is 0.371 e. The summed E-state index contributed by atoms with van der Waals surface area (Å²) < 4.78 is 0. The highest BCUT2D eigenvalue weighted by Crippen LogP contribution is 2.35. The molecule has 0 bridgehead atoms. The maximum atomic E-state index is 4.41. The van der Waals surface area contributed by atoms with Crippen LogP contribution in [0.1, 0.15) is 25.8 Å². The van der Waals surface area contributed by atoms with Crippen molar-refractivity contribution in [2.45, 2.75) is 25.7 Å². The average Bonchev–Trinajstić information content (AvgIpc) is 2.96. The van der Waals surface area contributed by atoms with Gasteiger partial charge < -0.3 is 9.80 Å². The molecule has 2 atom stereocenters. The van der Waals surface area contributed by atoms with Gasteiger partial charge in [0.1, 0.15) is 0 Å². The number of anilines is 1. The summed E-state index contributed by atoms with van der Waals surface area (Å²) in [6, 6.07) is 9.20. The lowest BCUT2D eigenvalue weighted by atomic mass is 9.82. The first-order chi connectivity index (χ1) is 9.99. The first kappa shape index (κ1) is 15.2. The maximum absolute atomic E-state index is 4.41. The van der Waals surface area contributed by atoms with E-state index >= 15 is 0 Å². The van der Waals surface area contributed by atoms with Crippen molar-refractivity contribution in [2.24, 2.45) is 11.8 Å². The number of likely N-dealkylation sites (tertiary alicyclic amines) is 1. The first-order valence-electron chi connectivity index (χ1n) is 8.14. The van der Waals surface area contributed by atoms with Crippen molar-refractivity contribution in [3.05, 3.63) is 29.8 Å². The highest BCUT2D eigenvalue weighted by molar-refractivity contribution is 7.80. The Morgan fingerprint density at radius 2 is 1.81 bits per heavy atom. The van der Waals surface area contributed by atoms with Gasteiger partial charge in [0.05, 0.1) is 0 Å². The number of fused-ring (bicyclic) bond motifs is 1. The van der Waals surface area contributed by atoms with Crippen molar-refractivity contribution in [3.63, 3.8) is 0 Å². The van der Waals surface area contributed by atoms with Crippen molar-refractivity contribution in [2.75, 3.05) is 43.9 Å². The van der Waals surface area contributed by atoms with Crippen LogP contribution in [0.3, 0.4) is 0 Å². The summed E-state index contributed by atoms with van der Waals surface area (Å²) in [6.45, 7) is 9.65. The molecule has 2 aliphatic rings. The number of hydrogen-bond donors (Lipinski definition) is 1. The van der Waals surface area contributed by atoms with Crippen molar-refractivity contribution >= 4 is 18.3 Å². The molecule has 2 aliphatic heterocycles. The molecule has 0 spiro atoms. The van der Waals surface area contributed by atoms with E-state index in [0.717, 1.165) is 24.0 Å². The monoisotopic (exact) mass is 304 g/mol. The molecule has 2 nitrogen and oxygen atoms in total. The van der Waals surface area contributed by atoms with Crippen LogP contribution in [0.2, 0.25) is 0 Å². The molecule has 2 saturated heterocycles. The first-order valence-corrected chi connectivity index (χ1v) is 8.78. The summed E-state index contributed by atoms with van der Waals surface area (Å²) in [7, 11) is 2.25. The zero-order chi connectivity index (χ0) is 15.0. The van der Waals surface area contributed by atoms with Crippen molar-refractivity contribution in [1.82, 2.24) is 4.90 Å². The van der Waals surface area contributed by atoms with Gasteiger partial charge in [-0.3, -0.25) is 0 Å². The van der Waals surface area contributed by atoms with Gasteiger partial charge >= 0.3 is 0 Å². The Morgan fingerprint density at radius 1 is 1.14 bits per heavy atom. The quantitative estimate of drug-likeness (QED) is 0.853. The van der Waals surface area contributed by atoms with E-state index in [1.807, 2.05) is 0 Å². The van der Waals surface area contributed by atoms with E-state index in [1.165, 1.54) is 37.4 Å². The summed E-state index contributed by atoms with van der Waals surface area (Å²) in [5, 5.41) is 0. The van der Waals surface area contributed by atoms with E-state index < -0.39 is 0 Å². The van der Waals surface area contributed by atoms with Crippen molar-refractivity contribution < 1.29 is 0 Å². The predicted octanol–water partition coefficient (Wildman–Crippen LogP) is 3.28. The van der Waals surface area contributed by atoms with Gasteiger partial charge in [0.2, 0.25) is 0 Å². The van der Waals surface area contributed by atoms with Crippen molar-refractivity contribution in [3.8, 4) is 0 Å². The van der Waals surface area contributed by atoms with Crippen LogP contribution < -0.4 is 4.90 Å². The summed E-state index contributed by atoms with van der Waals surface area (Å²) in [5.74, 6) is 2.67. The third-order valence-electron chi connectivity index (χ3n) is 5.40. The molecule has 0 amide bonds. The van der Waals surface area contributed by atoms with E-state index in [-0.39, 0.29) is 5.41 Å². The predicted molar refractivity (Wildman–Crippen MR) is 94.6 cm³/mol. The fourth-order valence-corrected chi connectivity index (χ4v) is 4.54. The molecule has 0 N–H and O–H groups in total.